The van der Waals surface area contributed by atoms with Crippen molar-refractivity contribution in [2.45, 2.75) is 18.9 Å². The Morgan fingerprint density at radius 3 is 3.17 bits per heavy atom. The van der Waals surface area contributed by atoms with Crippen molar-refractivity contribution in [2.75, 3.05) is 30.3 Å². The van der Waals surface area contributed by atoms with Crippen molar-refractivity contribution in [3.63, 3.8) is 0 Å². The van der Waals surface area contributed by atoms with Crippen LogP contribution in [0.2, 0.25) is 0 Å². The zero-order valence-corrected chi connectivity index (χ0v) is 12.7. The highest BCUT2D eigenvalue weighted by molar-refractivity contribution is 6.04. The van der Waals surface area contributed by atoms with E-state index in [2.05, 4.69) is 25.2 Å². The number of nitrogen functional groups attached to an aromatic ring is 1. The molecule has 0 spiro atoms. The number of nitrogens with zero attached hydrogens (tertiary/aromatic N) is 4. The predicted octanol–water partition coefficient (Wildman–Crippen LogP) is 1.54. The van der Waals surface area contributed by atoms with Gasteiger partial charge in [0.1, 0.15) is 5.52 Å². The molecule has 0 aliphatic carbocycles. The van der Waals surface area contributed by atoms with Crippen LogP contribution in [0, 0.1) is 5.92 Å². The van der Waals surface area contributed by atoms with Crippen LogP contribution in [0.15, 0.2) is 22.7 Å². The number of nitrogens with one attached hydrogen (secondary N) is 1. The Morgan fingerprint density at radius 1 is 1.30 bits per heavy atom. The van der Waals surface area contributed by atoms with Gasteiger partial charge in [0.05, 0.1) is 5.39 Å². The molecule has 7 heteroatoms. The molecule has 2 aliphatic rings. The first kappa shape index (κ1) is 13.1. The van der Waals surface area contributed by atoms with Crippen molar-refractivity contribution < 1.29 is 4.42 Å². The Morgan fingerprint density at radius 2 is 2.26 bits per heavy atom. The van der Waals surface area contributed by atoms with Gasteiger partial charge in [-0.3, -0.25) is 0 Å². The maximum Gasteiger partial charge on any atom is 0.229 e. The monoisotopic (exact) mass is 310 g/mol. The van der Waals surface area contributed by atoms with E-state index in [1.54, 1.807) is 6.20 Å². The molecule has 0 saturated carbocycles. The summed E-state index contributed by atoms with van der Waals surface area (Å²) in [5, 5.41) is 4.49. The molecule has 2 unspecified atom stereocenters. The average molecular weight is 310 g/mol. The third-order valence-electron chi connectivity index (χ3n) is 4.99. The first-order chi connectivity index (χ1) is 11.3. The smallest absolute Gasteiger partial charge is 0.229 e. The van der Waals surface area contributed by atoms with Crippen LogP contribution in [0.3, 0.4) is 0 Å². The second-order valence-corrected chi connectivity index (χ2v) is 6.41. The van der Waals surface area contributed by atoms with Crippen LogP contribution in [0.4, 0.5) is 11.8 Å². The van der Waals surface area contributed by atoms with Crippen molar-refractivity contribution >= 4 is 34.0 Å². The fourth-order valence-corrected chi connectivity index (χ4v) is 3.92. The van der Waals surface area contributed by atoms with E-state index in [0.717, 1.165) is 36.4 Å². The fourth-order valence-electron chi connectivity index (χ4n) is 3.92. The lowest BCUT2D eigenvalue weighted by Gasteiger charge is -2.24. The highest BCUT2D eigenvalue weighted by Gasteiger charge is 2.36. The number of hydrogen-bond acceptors (Lipinski definition) is 7. The van der Waals surface area contributed by atoms with E-state index in [1.807, 2.05) is 12.1 Å². The second kappa shape index (κ2) is 4.79. The number of furan rings is 1. The number of nitrogens with two attached hydrogens (primary N) is 1. The topological polar surface area (TPSA) is 93.1 Å². The first-order valence-corrected chi connectivity index (χ1v) is 8.08. The summed E-state index contributed by atoms with van der Waals surface area (Å²) in [6.07, 6.45) is 4.22. The Bertz CT molecular complexity index is 877. The molecular weight excluding hydrogens is 292 g/mol. The van der Waals surface area contributed by atoms with Gasteiger partial charge < -0.3 is 20.4 Å². The quantitative estimate of drug-likeness (QED) is 0.704. The van der Waals surface area contributed by atoms with Crippen LogP contribution in [0.5, 0.6) is 0 Å². The van der Waals surface area contributed by atoms with Crippen LogP contribution >= 0.6 is 0 Å². The molecule has 3 aromatic rings. The van der Waals surface area contributed by atoms with Crippen LogP contribution in [0.1, 0.15) is 12.8 Å². The summed E-state index contributed by atoms with van der Waals surface area (Å²) in [6, 6.07) is 4.36. The standard InChI is InChI=1S/C16H18N6O/c17-16-20-12-10-4-2-6-19-15(10)23-13(12)14(21-16)22-7-9-3-1-5-18-11(9)8-22/h2,4,6,9,11,18H,1,3,5,7-8H2,(H2,17,20,21). The highest BCUT2D eigenvalue weighted by atomic mass is 16.3. The fraction of sp³-hybridized carbons (Fsp3) is 0.438. The number of aromatic nitrogens is 3. The number of anilines is 2. The molecule has 2 atom stereocenters. The van der Waals surface area contributed by atoms with Gasteiger partial charge in [-0.15, -0.1) is 0 Å². The summed E-state index contributed by atoms with van der Waals surface area (Å²) in [7, 11) is 0. The van der Waals surface area contributed by atoms with Crippen LogP contribution in [0.25, 0.3) is 22.2 Å². The molecule has 2 saturated heterocycles. The molecular formula is C16H18N6O. The number of hydrogen-bond donors (Lipinski definition) is 2. The minimum absolute atomic E-state index is 0.280. The van der Waals surface area contributed by atoms with Gasteiger partial charge in [-0.25, -0.2) is 9.97 Å². The van der Waals surface area contributed by atoms with Crippen molar-refractivity contribution in [3.05, 3.63) is 18.3 Å². The van der Waals surface area contributed by atoms with Gasteiger partial charge in [-0.1, -0.05) is 0 Å². The lowest BCUT2D eigenvalue weighted by molar-refractivity contribution is 0.340. The molecule has 5 rings (SSSR count). The van der Waals surface area contributed by atoms with Gasteiger partial charge >= 0.3 is 0 Å². The minimum Gasteiger partial charge on any atom is -0.432 e. The van der Waals surface area contributed by atoms with Gasteiger partial charge in [-0.05, 0) is 37.4 Å². The second-order valence-electron chi connectivity index (χ2n) is 6.41. The molecule has 5 heterocycles. The summed E-state index contributed by atoms with van der Waals surface area (Å²) >= 11 is 0. The van der Waals surface area contributed by atoms with E-state index in [1.165, 1.54) is 12.8 Å². The number of pyridine rings is 1. The minimum atomic E-state index is 0.280. The summed E-state index contributed by atoms with van der Waals surface area (Å²) in [6.45, 7) is 3.01. The highest BCUT2D eigenvalue weighted by Crippen LogP contribution is 2.35. The molecule has 3 aromatic heterocycles. The van der Waals surface area contributed by atoms with Crippen molar-refractivity contribution in [1.29, 1.82) is 0 Å². The maximum atomic E-state index is 5.96. The lowest BCUT2D eigenvalue weighted by atomic mass is 9.94. The summed E-state index contributed by atoms with van der Waals surface area (Å²) in [5.74, 6) is 1.74. The largest absolute Gasteiger partial charge is 0.432 e. The lowest BCUT2D eigenvalue weighted by Crippen LogP contribution is -2.40. The molecule has 0 radical (unpaired) electrons. The number of fused-ring (bicyclic) bond motifs is 4. The molecule has 0 aromatic carbocycles. The van der Waals surface area contributed by atoms with E-state index in [9.17, 15) is 0 Å². The van der Waals surface area contributed by atoms with Crippen LogP contribution in [-0.2, 0) is 0 Å². The van der Waals surface area contributed by atoms with Gasteiger partial charge in [0, 0.05) is 25.3 Å². The molecule has 118 valence electrons. The predicted molar refractivity (Wildman–Crippen MR) is 88.2 cm³/mol. The van der Waals surface area contributed by atoms with Gasteiger partial charge in [0.15, 0.2) is 11.4 Å². The Kier molecular flexibility index (Phi) is 2.72. The third-order valence-corrected chi connectivity index (χ3v) is 4.99. The van der Waals surface area contributed by atoms with Crippen LogP contribution in [-0.4, -0.2) is 40.6 Å². The maximum absolute atomic E-state index is 5.96. The Hall–Kier alpha value is -2.41. The normalized spacial score (nSPS) is 24.4. The summed E-state index contributed by atoms with van der Waals surface area (Å²) in [4.78, 5) is 15.4. The zero-order chi connectivity index (χ0) is 15.4. The summed E-state index contributed by atoms with van der Waals surface area (Å²) < 4.78 is 5.95. The molecule has 3 N–H and O–H groups in total. The van der Waals surface area contributed by atoms with E-state index >= 15 is 0 Å². The third kappa shape index (κ3) is 1.96. The van der Waals surface area contributed by atoms with Gasteiger partial charge in [0.2, 0.25) is 11.7 Å². The number of rotatable bonds is 1. The van der Waals surface area contributed by atoms with E-state index in [4.69, 9.17) is 10.2 Å². The molecule has 7 nitrogen and oxygen atoms in total. The van der Waals surface area contributed by atoms with E-state index in [-0.39, 0.29) is 5.95 Å². The molecule has 2 aliphatic heterocycles. The average Bonchev–Trinajstić information content (AvgIpc) is 3.15. The Labute approximate surface area is 132 Å². The summed E-state index contributed by atoms with van der Waals surface area (Å²) in [5.41, 5.74) is 7.98. The first-order valence-electron chi connectivity index (χ1n) is 8.08. The Balaban J connectivity index is 1.66. The van der Waals surface area contributed by atoms with Gasteiger partial charge in [-0.2, -0.15) is 4.98 Å². The van der Waals surface area contributed by atoms with Crippen molar-refractivity contribution in [1.82, 2.24) is 20.3 Å². The van der Waals surface area contributed by atoms with Crippen LogP contribution < -0.4 is 16.0 Å². The van der Waals surface area contributed by atoms with E-state index in [0.29, 0.717) is 23.3 Å². The number of piperidine rings is 1. The SMILES string of the molecule is Nc1nc(N2CC3CCCNC3C2)c2oc3ncccc3c2n1. The molecule has 23 heavy (non-hydrogen) atoms. The molecule has 2 fully saturated rings. The molecule has 0 bridgehead atoms. The van der Waals surface area contributed by atoms with Crippen molar-refractivity contribution in [3.8, 4) is 0 Å². The van der Waals surface area contributed by atoms with Crippen molar-refractivity contribution in [2.24, 2.45) is 5.92 Å². The van der Waals surface area contributed by atoms with E-state index < -0.39 is 0 Å². The van der Waals surface area contributed by atoms with Gasteiger partial charge in [0.25, 0.3) is 0 Å². The zero-order valence-electron chi connectivity index (χ0n) is 12.7. The molecule has 0 amide bonds.